The summed E-state index contributed by atoms with van der Waals surface area (Å²) in [5.74, 6) is 0.243. The van der Waals surface area contributed by atoms with Gasteiger partial charge in [-0.1, -0.05) is 62.7 Å². The molecule has 2 aliphatic rings. The Bertz CT molecular complexity index is 1110. The molecule has 0 spiro atoms. The Morgan fingerprint density at radius 2 is 1.70 bits per heavy atom. The molecule has 1 amide bonds. The summed E-state index contributed by atoms with van der Waals surface area (Å²) in [6.45, 7) is 7.98. The second-order valence-electron chi connectivity index (χ2n) is 8.81. The van der Waals surface area contributed by atoms with Crippen LogP contribution < -0.4 is 4.72 Å². The first-order chi connectivity index (χ1) is 15.9. The van der Waals surface area contributed by atoms with Gasteiger partial charge in [0.2, 0.25) is 5.91 Å². The first-order valence-electron chi connectivity index (χ1n) is 11.6. The van der Waals surface area contributed by atoms with E-state index in [1.165, 1.54) is 5.56 Å². The molecule has 0 aliphatic carbocycles. The van der Waals surface area contributed by atoms with Crippen molar-refractivity contribution in [3.8, 4) is 0 Å². The number of hydrogen-bond acceptors (Lipinski definition) is 5. The Labute approximate surface area is 196 Å². The van der Waals surface area contributed by atoms with Crippen LogP contribution in [0.25, 0.3) is 0 Å². The lowest BCUT2D eigenvalue weighted by molar-refractivity contribution is -0.135. The fraction of sp³-hybridized carbons (Fsp3) is 0.440. The Balaban J connectivity index is 1.44. The molecule has 1 N–H and O–H groups in total. The Hall–Kier alpha value is -2.71. The van der Waals surface area contributed by atoms with Gasteiger partial charge in [0.05, 0.1) is 4.90 Å². The Morgan fingerprint density at radius 3 is 2.39 bits per heavy atom. The maximum absolute atomic E-state index is 13.5. The monoisotopic (exact) mass is 468 g/mol. The molecule has 8 heteroatoms. The number of amides is 1. The van der Waals surface area contributed by atoms with E-state index in [-0.39, 0.29) is 22.6 Å². The number of nitrogens with zero attached hydrogens (tertiary/aromatic N) is 3. The number of aliphatic imine (C=N–C) groups is 1. The van der Waals surface area contributed by atoms with Crippen molar-refractivity contribution < 1.29 is 13.2 Å². The summed E-state index contributed by atoms with van der Waals surface area (Å²) in [5, 5.41) is 0. The SMILES string of the molecule is CC[C@H](C)[C@H](N=C1NS(=O)(=O)c2ccccc21)C(=O)N1CCN(CCc2ccccc2)CC1. The van der Waals surface area contributed by atoms with Gasteiger partial charge in [0.25, 0.3) is 10.0 Å². The summed E-state index contributed by atoms with van der Waals surface area (Å²) in [6, 6.07) is 16.6. The molecule has 2 atom stereocenters. The molecule has 4 rings (SSSR count). The highest BCUT2D eigenvalue weighted by atomic mass is 32.2. The number of nitrogens with one attached hydrogen (secondary N) is 1. The van der Waals surface area contributed by atoms with Crippen molar-refractivity contribution in [2.45, 2.75) is 37.6 Å². The third kappa shape index (κ3) is 5.28. The number of benzene rings is 2. The minimum absolute atomic E-state index is 0.00150. The third-order valence-electron chi connectivity index (χ3n) is 6.61. The van der Waals surface area contributed by atoms with Crippen molar-refractivity contribution >= 4 is 21.8 Å². The van der Waals surface area contributed by atoms with Crippen LogP contribution in [0, 0.1) is 5.92 Å². The van der Waals surface area contributed by atoms with Gasteiger partial charge in [-0.25, -0.2) is 8.42 Å². The largest absolute Gasteiger partial charge is 0.338 e. The highest BCUT2D eigenvalue weighted by Gasteiger charge is 2.35. The van der Waals surface area contributed by atoms with E-state index in [0.29, 0.717) is 18.7 Å². The van der Waals surface area contributed by atoms with E-state index in [1.54, 1.807) is 24.3 Å². The van der Waals surface area contributed by atoms with E-state index in [4.69, 9.17) is 0 Å². The fourth-order valence-corrected chi connectivity index (χ4v) is 5.57. The molecule has 2 aliphatic heterocycles. The number of fused-ring (bicyclic) bond motifs is 1. The molecule has 0 bridgehead atoms. The van der Waals surface area contributed by atoms with Gasteiger partial charge >= 0.3 is 0 Å². The molecule has 33 heavy (non-hydrogen) atoms. The minimum atomic E-state index is -3.63. The molecule has 1 saturated heterocycles. The van der Waals surface area contributed by atoms with Gasteiger partial charge in [0, 0.05) is 38.3 Å². The van der Waals surface area contributed by atoms with Gasteiger partial charge in [0.15, 0.2) is 0 Å². The van der Waals surface area contributed by atoms with E-state index in [1.807, 2.05) is 24.8 Å². The summed E-state index contributed by atoms with van der Waals surface area (Å²) in [7, 11) is -3.63. The van der Waals surface area contributed by atoms with Gasteiger partial charge in [-0.15, -0.1) is 0 Å². The predicted molar refractivity (Wildman–Crippen MR) is 130 cm³/mol. The van der Waals surface area contributed by atoms with Crippen molar-refractivity contribution in [3.63, 3.8) is 0 Å². The molecule has 0 radical (unpaired) electrons. The molecule has 7 nitrogen and oxygen atoms in total. The summed E-state index contributed by atoms with van der Waals surface area (Å²) in [6.07, 6.45) is 1.77. The Kier molecular flexibility index (Phi) is 7.14. The van der Waals surface area contributed by atoms with E-state index in [2.05, 4.69) is 38.9 Å². The van der Waals surface area contributed by atoms with Crippen molar-refractivity contribution in [1.82, 2.24) is 14.5 Å². The van der Waals surface area contributed by atoms with Gasteiger partial charge in [0.1, 0.15) is 11.9 Å². The van der Waals surface area contributed by atoms with E-state index in [0.717, 1.165) is 32.5 Å². The summed E-state index contributed by atoms with van der Waals surface area (Å²) in [5.41, 5.74) is 1.85. The van der Waals surface area contributed by atoms with Crippen molar-refractivity contribution in [2.75, 3.05) is 32.7 Å². The highest BCUT2D eigenvalue weighted by molar-refractivity contribution is 7.90. The van der Waals surface area contributed by atoms with Crippen molar-refractivity contribution in [3.05, 3.63) is 65.7 Å². The third-order valence-corrected chi connectivity index (χ3v) is 8.01. The second-order valence-corrected chi connectivity index (χ2v) is 10.5. The van der Waals surface area contributed by atoms with Crippen LogP contribution in [-0.4, -0.2) is 68.7 Å². The second kappa shape index (κ2) is 10.1. The molecule has 2 aromatic rings. The van der Waals surface area contributed by atoms with Crippen LogP contribution in [0.2, 0.25) is 0 Å². The zero-order chi connectivity index (χ0) is 23.4. The standard InChI is InChI=1S/C25H32N4O3S/c1-3-19(2)23(26-24-21-11-7-8-12-22(21)33(31,32)27-24)25(30)29-17-15-28(16-18-29)14-13-20-9-5-4-6-10-20/h4-12,19,23H,3,13-18H2,1-2H3,(H,26,27)/t19-,23-/m0/s1. The van der Waals surface area contributed by atoms with Crippen LogP contribution in [0.15, 0.2) is 64.5 Å². The molecule has 0 saturated carbocycles. The van der Waals surface area contributed by atoms with Crippen LogP contribution in [-0.2, 0) is 21.2 Å². The normalized spacial score (nSPS) is 20.8. The van der Waals surface area contributed by atoms with E-state index >= 15 is 0 Å². The van der Waals surface area contributed by atoms with Crippen LogP contribution in [0.4, 0.5) is 0 Å². The number of carbonyl (C=O) groups excluding carboxylic acids is 1. The summed E-state index contributed by atoms with van der Waals surface area (Å²) in [4.78, 5) is 22.6. The lowest BCUT2D eigenvalue weighted by atomic mass is 9.97. The van der Waals surface area contributed by atoms with Crippen LogP contribution in [0.1, 0.15) is 31.4 Å². The predicted octanol–water partition coefficient (Wildman–Crippen LogP) is 2.53. The maximum atomic E-state index is 13.5. The summed E-state index contributed by atoms with van der Waals surface area (Å²) >= 11 is 0. The topological polar surface area (TPSA) is 82.1 Å². The minimum Gasteiger partial charge on any atom is -0.338 e. The first-order valence-corrected chi connectivity index (χ1v) is 13.1. The van der Waals surface area contributed by atoms with Crippen molar-refractivity contribution in [2.24, 2.45) is 10.9 Å². The number of amidine groups is 1. The highest BCUT2D eigenvalue weighted by Crippen LogP contribution is 2.24. The molecular formula is C25H32N4O3S. The molecule has 1 fully saturated rings. The van der Waals surface area contributed by atoms with Gasteiger partial charge in [-0.3, -0.25) is 19.4 Å². The van der Waals surface area contributed by atoms with Crippen LogP contribution in [0.3, 0.4) is 0 Å². The quantitative estimate of drug-likeness (QED) is 0.677. The zero-order valence-electron chi connectivity index (χ0n) is 19.3. The van der Waals surface area contributed by atoms with Gasteiger partial charge < -0.3 is 4.90 Å². The maximum Gasteiger partial charge on any atom is 0.263 e. The lowest BCUT2D eigenvalue weighted by Crippen LogP contribution is -2.52. The van der Waals surface area contributed by atoms with Crippen molar-refractivity contribution in [1.29, 1.82) is 0 Å². The fourth-order valence-electron chi connectivity index (χ4n) is 4.33. The van der Waals surface area contributed by atoms with E-state index < -0.39 is 16.1 Å². The molecule has 2 heterocycles. The number of piperazine rings is 1. The Morgan fingerprint density at radius 1 is 1.03 bits per heavy atom. The summed E-state index contributed by atoms with van der Waals surface area (Å²) < 4.78 is 27.5. The van der Waals surface area contributed by atoms with Crippen LogP contribution >= 0.6 is 0 Å². The molecular weight excluding hydrogens is 436 g/mol. The molecule has 176 valence electrons. The molecule has 0 aromatic heterocycles. The number of rotatable bonds is 7. The van der Waals surface area contributed by atoms with Gasteiger partial charge in [-0.05, 0) is 30.0 Å². The number of carbonyl (C=O) groups is 1. The molecule has 0 unspecified atom stereocenters. The lowest BCUT2D eigenvalue weighted by Gasteiger charge is -2.36. The average Bonchev–Trinajstić information content (AvgIpc) is 3.11. The van der Waals surface area contributed by atoms with E-state index in [9.17, 15) is 13.2 Å². The molecule has 2 aromatic carbocycles. The first kappa shape index (κ1) is 23.4. The van der Waals surface area contributed by atoms with Crippen LogP contribution in [0.5, 0.6) is 0 Å². The average molecular weight is 469 g/mol. The smallest absolute Gasteiger partial charge is 0.263 e. The zero-order valence-corrected chi connectivity index (χ0v) is 20.1. The van der Waals surface area contributed by atoms with Gasteiger partial charge in [-0.2, -0.15) is 0 Å². The number of hydrogen-bond donors (Lipinski definition) is 1. The number of sulfonamides is 1.